The van der Waals surface area contributed by atoms with E-state index in [1.807, 2.05) is 13.0 Å². The Balaban J connectivity index is 1.56. The summed E-state index contributed by atoms with van der Waals surface area (Å²) in [6, 6.07) is 6.06. The Bertz CT molecular complexity index is 1180. The predicted octanol–water partition coefficient (Wildman–Crippen LogP) is 4.11. The number of hydrogen-bond donors (Lipinski definition) is 1. The van der Waals surface area contributed by atoms with Gasteiger partial charge in [-0.2, -0.15) is 5.26 Å². The number of methoxy groups -OCH3 is 1. The van der Waals surface area contributed by atoms with Crippen LogP contribution >= 0.6 is 0 Å². The van der Waals surface area contributed by atoms with Crippen LogP contribution in [0, 0.1) is 35.0 Å². The third-order valence-electron chi connectivity index (χ3n) is 9.28. The van der Waals surface area contributed by atoms with E-state index in [0.717, 1.165) is 57.0 Å². The smallest absolute Gasteiger partial charge is 0.254 e. The average molecular weight is 479 g/mol. The summed E-state index contributed by atoms with van der Waals surface area (Å²) in [5.41, 5.74) is 3.03. The number of fused-ring (bicyclic) bond motifs is 3. The van der Waals surface area contributed by atoms with Crippen LogP contribution in [0.25, 0.3) is 10.9 Å². The Hall–Kier alpha value is -2.56. The number of hydrogen-bond acceptors (Lipinski definition) is 5. The van der Waals surface area contributed by atoms with Gasteiger partial charge >= 0.3 is 0 Å². The SMILES string of the molecule is COc1ccc(C#N)c2c(C(=O)N[C@@H]3C4(C)CCC(C4)C3(C)C)c(C)n(CCN3CCOCC3)c12. The van der Waals surface area contributed by atoms with Gasteiger partial charge in [0, 0.05) is 43.3 Å². The van der Waals surface area contributed by atoms with Gasteiger partial charge in [0.15, 0.2) is 0 Å². The van der Waals surface area contributed by atoms with Gasteiger partial charge < -0.3 is 19.4 Å². The number of amides is 1. The maximum absolute atomic E-state index is 14.0. The molecule has 1 aromatic heterocycles. The molecule has 1 N–H and O–H groups in total. The molecule has 188 valence electrons. The predicted molar refractivity (Wildman–Crippen MR) is 136 cm³/mol. The Kier molecular flexibility index (Phi) is 6.09. The van der Waals surface area contributed by atoms with Crippen molar-refractivity contribution in [2.24, 2.45) is 16.7 Å². The first-order valence-corrected chi connectivity index (χ1v) is 12.9. The summed E-state index contributed by atoms with van der Waals surface area (Å²) in [5.74, 6) is 1.26. The second-order valence-corrected chi connectivity index (χ2v) is 11.5. The van der Waals surface area contributed by atoms with Crippen molar-refractivity contribution in [3.8, 4) is 11.8 Å². The number of benzene rings is 1. The minimum atomic E-state index is -0.0748. The van der Waals surface area contributed by atoms with Crippen LogP contribution < -0.4 is 10.1 Å². The Morgan fingerprint density at radius 3 is 2.63 bits per heavy atom. The molecule has 1 aliphatic heterocycles. The van der Waals surface area contributed by atoms with Crippen molar-refractivity contribution in [1.29, 1.82) is 5.26 Å². The quantitative estimate of drug-likeness (QED) is 0.676. The molecule has 2 aliphatic carbocycles. The van der Waals surface area contributed by atoms with E-state index in [4.69, 9.17) is 9.47 Å². The lowest BCUT2D eigenvalue weighted by Crippen LogP contribution is -2.52. The highest BCUT2D eigenvalue weighted by Crippen LogP contribution is 2.62. The second kappa shape index (κ2) is 8.83. The van der Waals surface area contributed by atoms with Crippen LogP contribution in [0.5, 0.6) is 5.75 Å². The minimum Gasteiger partial charge on any atom is -0.495 e. The van der Waals surface area contributed by atoms with Crippen molar-refractivity contribution >= 4 is 16.8 Å². The molecule has 0 radical (unpaired) electrons. The third-order valence-corrected chi connectivity index (χ3v) is 9.28. The van der Waals surface area contributed by atoms with Crippen LogP contribution in [-0.4, -0.2) is 61.4 Å². The monoisotopic (exact) mass is 478 g/mol. The molecule has 2 bridgehead atoms. The molecule has 1 aromatic carbocycles. The lowest BCUT2D eigenvalue weighted by atomic mass is 9.68. The molecule has 7 nitrogen and oxygen atoms in total. The van der Waals surface area contributed by atoms with Crippen LogP contribution in [0.2, 0.25) is 0 Å². The highest BCUT2D eigenvalue weighted by atomic mass is 16.5. The number of nitrogens with zero attached hydrogens (tertiary/aromatic N) is 3. The van der Waals surface area contributed by atoms with Crippen molar-refractivity contribution < 1.29 is 14.3 Å². The molecule has 2 heterocycles. The maximum atomic E-state index is 14.0. The zero-order valence-electron chi connectivity index (χ0n) is 21.7. The normalized spacial score (nSPS) is 27.8. The van der Waals surface area contributed by atoms with Crippen molar-refractivity contribution in [3.05, 3.63) is 29.0 Å². The van der Waals surface area contributed by atoms with Gasteiger partial charge in [0.25, 0.3) is 5.91 Å². The van der Waals surface area contributed by atoms with Crippen molar-refractivity contribution in [1.82, 2.24) is 14.8 Å². The van der Waals surface area contributed by atoms with Crippen LogP contribution in [0.1, 0.15) is 61.6 Å². The molecule has 7 heteroatoms. The van der Waals surface area contributed by atoms with Gasteiger partial charge in [-0.05, 0) is 55.1 Å². The van der Waals surface area contributed by atoms with Gasteiger partial charge in [0.1, 0.15) is 5.75 Å². The van der Waals surface area contributed by atoms with Crippen LogP contribution in [0.3, 0.4) is 0 Å². The Labute approximate surface area is 208 Å². The average Bonchev–Trinajstić information content (AvgIpc) is 3.44. The molecule has 2 aromatic rings. The first kappa shape index (κ1) is 24.1. The number of carbonyl (C=O) groups is 1. The Morgan fingerprint density at radius 1 is 1.26 bits per heavy atom. The first-order valence-electron chi connectivity index (χ1n) is 12.9. The van der Waals surface area contributed by atoms with E-state index < -0.39 is 0 Å². The van der Waals surface area contributed by atoms with E-state index in [1.165, 1.54) is 12.8 Å². The molecule has 2 unspecified atom stereocenters. The van der Waals surface area contributed by atoms with E-state index in [-0.39, 0.29) is 22.8 Å². The molecule has 1 amide bonds. The standard InChI is InChI=1S/C28H38N4O3/c1-18-22(25(33)30-26-27(2,3)20-8-9-28(26,4)16-20)23-19(17-29)6-7-21(34-5)24(23)32(18)11-10-31-12-14-35-15-13-31/h6-7,20,26H,8-16H2,1-5H3,(H,30,33)/t20?,26-,28?/m0/s1. The molecular weight excluding hydrogens is 440 g/mol. The summed E-state index contributed by atoms with van der Waals surface area (Å²) in [5, 5.41) is 14.2. The highest BCUT2D eigenvalue weighted by molar-refractivity contribution is 6.11. The summed E-state index contributed by atoms with van der Waals surface area (Å²) in [7, 11) is 1.65. The van der Waals surface area contributed by atoms with E-state index >= 15 is 0 Å². The highest BCUT2D eigenvalue weighted by Gasteiger charge is 2.59. The number of nitriles is 1. The first-order chi connectivity index (χ1) is 16.7. The molecule has 35 heavy (non-hydrogen) atoms. The molecule has 3 aliphatic rings. The summed E-state index contributed by atoms with van der Waals surface area (Å²) in [6.07, 6.45) is 3.57. The zero-order chi connectivity index (χ0) is 25.0. The van der Waals surface area contributed by atoms with Crippen molar-refractivity contribution in [3.63, 3.8) is 0 Å². The van der Waals surface area contributed by atoms with Gasteiger partial charge in [-0.1, -0.05) is 20.8 Å². The zero-order valence-corrected chi connectivity index (χ0v) is 21.7. The summed E-state index contributed by atoms with van der Waals surface area (Å²) in [6.45, 7) is 13.8. The number of morpholine rings is 1. The van der Waals surface area contributed by atoms with Crippen LogP contribution in [0.4, 0.5) is 0 Å². The fourth-order valence-corrected chi connectivity index (χ4v) is 7.32. The number of nitrogens with one attached hydrogen (secondary N) is 1. The summed E-state index contributed by atoms with van der Waals surface area (Å²) < 4.78 is 13.4. The molecule has 3 fully saturated rings. The largest absolute Gasteiger partial charge is 0.495 e. The van der Waals surface area contributed by atoms with Crippen molar-refractivity contribution in [2.75, 3.05) is 40.0 Å². The number of ether oxygens (including phenoxy) is 2. The maximum Gasteiger partial charge on any atom is 0.254 e. The number of rotatable bonds is 6. The molecular formula is C28H38N4O3. The molecule has 2 saturated carbocycles. The molecule has 1 saturated heterocycles. The van der Waals surface area contributed by atoms with Gasteiger partial charge in [-0.3, -0.25) is 9.69 Å². The van der Waals surface area contributed by atoms with E-state index in [9.17, 15) is 10.1 Å². The van der Waals surface area contributed by atoms with E-state index in [0.29, 0.717) is 28.2 Å². The van der Waals surface area contributed by atoms with Gasteiger partial charge in [-0.25, -0.2) is 0 Å². The molecule has 3 atom stereocenters. The molecule has 0 spiro atoms. The van der Waals surface area contributed by atoms with E-state index in [1.54, 1.807) is 13.2 Å². The molecule has 5 rings (SSSR count). The second-order valence-electron chi connectivity index (χ2n) is 11.5. The topological polar surface area (TPSA) is 79.5 Å². The summed E-state index contributed by atoms with van der Waals surface area (Å²) in [4.78, 5) is 16.4. The lowest BCUT2D eigenvalue weighted by Gasteiger charge is -2.43. The number of aromatic nitrogens is 1. The summed E-state index contributed by atoms with van der Waals surface area (Å²) >= 11 is 0. The third kappa shape index (κ3) is 3.82. The fraction of sp³-hybridized carbons (Fsp3) is 0.643. The Morgan fingerprint density at radius 2 is 2.00 bits per heavy atom. The van der Waals surface area contributed by atoms with Gasteiger partial charge in [-0.15, -0.1) is 0 Å². The van der Waals surface area contributed by atoms with Gasteiger partial charge in [0.05, 0.1) is 43.0 Å². The van der Waals surface area contributed by atoms with Crippen LogP contribution in [0.15, 0.2) is 12.1 Å². The lowest BCUT2D eigenvalue weighted by molar-refractivity contribution is 0.0365. The van der Waals surface area contributed by atoms with Crippen molar-refractivity contribution in [2.45, 2.75) is 59.5 Å². The van der Waals surface area contributed by atoms with E-state index in [2.05, 4.69) is 41.6 Å². The van der Waals surface area contributed by atoms with Gasteiger partial charge in [0.2, 0.25) is 0 Å². The fourth-order valence-electron chi connectivity index (χ4n) is 7.32. The minimum absolute atomic E-state index is 0.0566. The van der Waals surface area contributed by atoms with Crippen LogP contribution in [-0.2, 0) is 11.3 Å². The number of carbonyl (C=O) groups excluding carboxylic acids is 1.